The Hall–Kier alpha value is -1.50. The molecule has 1 heterocycles. The second kappa shape index (κ2) is 3.77. The highest BCUT2D eigenvalue weighted by atomic mass is 32.2. The van der Waals surface area contributed by atoms with Crippen molar-refractivity contribution in [2.24, 2.45) is 0 Å². The molecule has 0 spiro atoms. The van der Waals surface area contributed by atoms with Crippen LogP contribution in [-0.4, -0.2) is 24.4 Å². The van der Waals surface area contributed by atoms with Crippen LogP contribution in [0, 0.1) is 0 Å². The molecule has 0 saturated heterocycles. The standard InChI is InChI=1S/C5H4N2O4S/c8-5(11-12(9)10)4-3-6-1-2-7-4/h1-3,12H. The van der Waals surface area contributed by atoms with E-state index >= 15 is 0 Å². The number of rotatable bonds is 2. The first kappa shape index (κ1) is 8.60. The van der Waals surface area contributed by atoms with E-state index in [1.54, 1.807) is 0 Å². The monoisotopic (exact) mass is 188 g/mol. The zero-order valence-electron chi connectivity index (χ0n) is 5.71. The summed E-state index contributed by atoms with van der Waals surface area (Å²) in [4.78, 5) is 17.8. The number of hydrogen-bond acceptors (Lipinski definition) is 6. The minimum Gasteiger partial charge on any atom is -0.342 e. The van der Waals surface area contributed by atoms with Gasteiger partial charge in [-0.15, -0.1) is 0 Å². The fourth-order valence-electron chi connectivity index (χ4n) is 0.519. The minimum atomic E-state index is -3.18. The van der Waals surface area contributed by atoms with Gasteiger partial charge in [0.05, 0.1) is 6.20 Å². The predicted molar refractivity (Wildman–Crippen MR) is 37.8 cm³/mol. The number of carbonyl (C=O) groups excluding carboxylic acids is 1. The SMILES string of the molecule is O=C(O[SH](=O)=O)c1cnccn1. The summed E-state index contributed by atoms with van der Waals surface area (Å²) in [6, 6.07) is 0. The minimum absolute atomic E-state index is 0.142. The van der Waals surface area contributed by atoms with Gasteiger partial charge in [-0.1, -0.05) is 0 Å². The predicted octanol–water partition coefficient (Wildman–Crippen LogP) is -0.840. The van der Waals surface area contributed by atoms with E-state index in [0.29, 0.717) is 0 Å². The van der Waals surface area contributed by atoms with Crippen molar-refractivity contribution in [2.45, 2.75) is 0 Å². The average molecular weight is 188 g/mol. The Balaban J connectivity index is 2.79. The van der Waals surface area contributed by atoms with Crippen LogP contribution in [-0.2, 0) is 15.2 Å². The van der Waals surface area contributed by atoms with Crippen molar-refractivity contribution in [1.29, 1.82) is 0 Å². The lowest BCUT2D eigenvalue weighted by Gasteiger charge is -1.93. The van der Waals surface area contributed by atoms with Crippen LogP contribution in [0.3, 0.4) is 0 Å². The van der Waals surface area contributed by atoms with Gasteiger partial charge in [-0.05, 0) is 0 Å². The lowest BCUT2D eigenvalue weighted by molar-refractivity contribution is 0.0748. The maximum atomic E-state index is 10.7. The third-order valence-electron chi connectivity index (χ3n) is 0.930. The van der Waals surface area contributed by atoms with Crippen LogP contribution >= 0.6 is 0 Å². The first-order valence-electron chi connectivity index (χ1n) is 2.83. The lowest BCUT2D eigenvalue weighted by atomic mass is 10.5. The van der Waals surface area contributed by atoms with Crippen LogP contribution in [0.2, 0.25) is 0 Å². The fourth-order valence-corrected chi connectivity index (χ4v) is 0.748. The molecule has 1 rings (SSSR count). The Morgan fingerprint density at radius 3 is 2.67 bits per heavy atom. The molecule has 0 atom stereocenters. The Labute approximate surface area is 69.4 Å². The molecule has 64 valence electrons. The molecule has 0 aromatic carbocycles. The zero-order valence-corrected chi connectivity index (χ0v) is 6.60. The van der Waals surface area contributed by atoms with Crippen LogP contribution in [0.15, 0.2) is 18.6 Å². The second-order valence-corrected chi connectivity index (χ2v) is 2.32. The summed E-state index contributed by atoms with van der Waals surface area (Å²) in [7, 11) is -3.18. The molecule has 0 unspecified atom stereocenters. The van der Waals surface area contributed by atoms with E-state index in [2.05, 4.69) is 14.2 Å². The lowest BCUT2D eigenvalue weighted by Crippen LogP contribution is -2.05. The molecule has 7 heteroatoms. The van der Waals surface area contributed by atoms with E-state index in [1.807, 2.05) is 0 Å². The number of thiol groups is 1. The summed E-state index contributed by atoms with van der Waals surface area (Å²) in [6.07, 6.45) is 3.73. The van der Waals surface area contributed by atoms with Crippen LogP contribution in [0.4, 0.5) is 0 Å². The van der Waals surface area contributed by atoms with Crippen LogP contribution in [0.5, 0.6) is 0 Å². The van der Waals surface area contributed by atoms with E-state index in [9.17, 15) is 13.2 Å². The van der Waals surface area contributed by atoms with E-state index in [4.69, 9.17) is 0 Å². The molecule has 0 radical (unpaired) electrons. The van der Waals surface area contributed by atoms with Crippen molar-refractivity contribution in [1.82, 2.24) is 9.97 Å². The molecule has 0 fully saturated rings. The molecule has 0 amide bonds. The van der Waals surface area contributed by atoms with Crippen molar-refractivity contribution in [3.63, 3.8) is 0 Å². The fraction of sp³-hybridized carbons (Fsp3) is 0. The molecule has 0 saturated carbocycles. The molecule has 6 nitrogen and oxygen atoms in total. The maximum Gasteiger partial charge on any atom is 0.373 e. The maximum absolute atomic E-state index is 10.7. The smallest absolute Gasteiger partial charge is 0.342 e. The van der Waals surface area contributed by atoms with Gasteiger partial charge in [-0.2, -0.15) is 8.42 Å². The molecular formula is C5H4N2O4S. The Kier molecular flexibility index (Phi) is 2.70. The van der Waals surface area contributed by atoms with Gasteiger partial charge in [-0.25, -0.2) is 9.78 Å². The highest BCUT2D eigenvalue weighted by molar-refractivity contribution is 7.67. The van der Waals surface area contributed by atoms with Gasteiger partial charge in [0.15, 0.2) is 5.69 Å². The molecular weight excluding hydrogens is 184 g/mol. The summed E-state index contributed by atoms with van der Waals surface area (Å²) in [6.45, 7) is 0. The van der Waals surface area contributed by atoms with Crippen LogP contribution in [0.1, 0.15) is 10.5 Å². The molecule has 1 aromatic heterocycles. The molecule has 0 bridgehead atoms. The Bertz CT molecular complexity index is 340. The summed E-state index contributed by atoms with van der Waals surface area (Å²) in [5, 5.41) is 0. The molecule has 1 aromatic rings. The highest BCUT2D eigenvalue weighted by Crippen LogP contribution is 1.93. The topological polar surface area (TPSA) is 86.2 Å². The van der Waals surface area contributed by atoms with Crippen molar-refractivity contribution in [2.75, 3.05) is 0 Å². The summed E-state index contributed by atoms with van der Waals surface area (Å²) < 4.78 is 23.7. The van der Waals surface area contributed by atoms with Gasteiger partial charge < -0.3 is 4.18 Å². The molecule has 12 heavy (non-hydrogen) atoms. The van der Waals surface area contributed by atoms with Gasteiger partial charge in [0, 0.05) is 12.4 Å². The van der Waals surface area contributed by atoms with Crippen molar-refractivity contribution >= 4 is 17.0 Å². The third-order valence-corrected chi connectivity index (χ3v) is 1.24. The van der Waals surface area contributed by atoms with E-state index in [-0.39, 0.29) is 5.69 Å². The molecule has 0 N–H and O–H groups in total. The van der Waals surface area contributed by atoms with E-state index in [1.165, 1.54) is 12.4 Å². The normalized spacial score (nSPS) is 9.75. The van der Waals surface area contributed by atoms with Gasteiger partial charge in [0.2, 0.25) is 0 Å². The number of hydrogen-bond donors (Lipinski definition) is 1. The van der Waals surface area contributed by atoms with Gasteiger partial charge >= 0.3 is 17.0 Å². The van der Waals surface area contributed by atoms with Crippen molar-refractivity contribution < 1.29 is 17.4 Å². The van der Waals surface area contributed by atoms with Gasteiger partial charge in [-0.3, -0.25) is 4.98 Å². The zero-order chi connectivity index (χ0) is 8.97. The highest BCUT2D eigenvalue weighted by Gasteiger charge is 2.08. The van der Waals surface area contributed by atoms with Gasteiger partial charge in [0.25, 0.3) is 0 Å². The van der Waals surface area contributed by atoms with Crippen molar-refractivity contribution in [3.05, 3.63) is 24.3 Å². The summed E-state index contributed by atoms with van der Waals surface area (Å²) >= 11 is 0. The van der Waals surface area contributed by atoms with E-state index < -0.39 is 17.0 Å². The number of carbonyl (C=O) groups is 1. The Morgan fingerprint density at radius 1 is 1.42 bits per heavy atom. The molecule has 0 aliphatic heterocycles. The molecule has 0 aliphatic rings. The summed E-state index contributed by atoms with van der Waals surface area (Å²) in [5.41, 5.74) is -0.142. The quantitative estimate of drug-likeness (QED) is 0.609. The van der Waals surface area contributed by atoms with Gasteiger partial charge in [0.1, 0.15) is 0 Å². The first-order chi connectivity index (χ1) is 5.70. The Morgan fingerprint density at radius 2 is 2.17 bits per heavy atom. The molecule has 0 aliphatic carbocycles. The summed E-state index contributed by atoms with van der Waals surface area (Å²) in [5.74, 6) is -1.03. The number of aromatic nitrogens is 2. The largest absolute Gasteiger partial charge is 0.373 e. The van der Waals surface area contributed by atoms with Crippen LogP contribution < -0.4 is 0 Å². The van der Waals surface area contributed by atoms with Crippen molar-refractivity contribution in [3.8, 4) is 0 Å². The first-order valence-corrected chi connectivity index (χ1v) is 3.92. The van der Waals surface area contributed by atoms with E-state index in [0.717, 1.165) is 6.20 Å². The van der Waals surface area contributed by atoms with Crippen LogP contribution in [0.25, 0.3) is 0 Å². The average Bonchev–Trinajstić information content (AvgIpc) is 2.05. The third kappa shape index (κ3) is 2.27. The second-order valence-electron chi connectivity index (χ2n) is 1.69. The number of nitrogens with zero attached hydrogens (tertiary/aromatic N) is 2.